The van der Waals surface area contributed by atoms with E-state index in [9.17, 15) is 4.39 Å². The molecule has 1 aliphatic rings. The van der Waals surface area contributed by atoms with Crippen molar-refractivity contribution < 1.29 is 9.13 Å². The van der Waals surface area contributed by atoms with E-state index < -0.39 is 0 Å². The molecule has 2 nitrogen and oxygen atoms in total. The number of nitrogens with one attached hydrogen (secondary N) is 1. The van der Waals surface area contributed by atoms with Crippen LogP contribution < -0.4 is 5.32 Å². The molecule has 1 unspecified atom stereocenters. The summed E-state index contributed by atoms with van der Waals surface area (Å²) in [5, 5.41) is 3.29. The van der Waals surface area contributed by atoms with E-state index in [-0.39, 0.29) is 11.2 Å². The quantitative estimate of drug-likeness (QED) is 0.884. The molecule has 0 bridgehead atoms. The molecule has 1 saturated heterocycles. The van der Waals surface area contributed by atoms with E-state index in [0.29, 0.717) is 11.8 Å². The first-order chi connectivity index (χ1) is 9.01. The van der Waals surface area contributed by atoms with Crippen LogP contribution >= 0.6 is 0 Å². The molecule has 1 aromatic rings. The minimum atomic E-state index is -0.131. The molecule has 106 valence electrons. The predicted octanol–water partition coefficient (Wildman–Crippen LogP) is 2.89. The highest BCUT2D eigenvalue weighted by atomic mass is 19.1. The highest BCUT2D eigenvalue weighted by Gasteiger charge is 2.47. The van der Waals surface area contributed by atoms with Gasteiger partial charge in [-0.25, -0.2) is 4.39 Å². The monoisotopic (exact) mass is 265 g/mol. The zero-order valence-electron chi connectivity index (χ0n) is 12.3. The molecule has 1 atom stereocenters. The smallest absolute Gasteiger partial charge is 0.126 e. The summed E-state index contributed by atoms with van der Waals surface area (Å²) in [5.74, 6) is 0.923. The van der Waals surface area contributed by atoms with Gasteiger partial charge in [-0.1, -0.05) is 26.0 Å². The van der Waals surface area contributed by atoms with Crippen LogP contribution in [0.25, 0.3) is 0 Å². The maximum absolute atomic E-state index is 13.5. The fourth-order valence-electron chi connectivity index (χ4n) is 3.16. The van der Waals surface area contributed by atoms with Gasteiger partial charge < -0.3 is 10.1 Å². The van der Waals surface area contributed by atoms with Gasteiger partial charge in [-0.2, -0.15) is 0 Å². The van der Waals surface area contributed by atoms with Gasteiger partial charge in [0.05, 0.1) is 13.2 Å². The van der Waals surface area contributed by atoms with Crippen LogP contribution in [0.1, 0.15) is 25.0 Å². The van der Waals surface area contributed by atoms with Crippen LogP contribution in [-0.2, 0) is 10.2 Å². The summed E-state index contributed by atoms with van der Waals surface area (Å²) in [5.41, 5.74) is 1.97. The molecule has 0 amide bonds. The first kappa shape index (κ1) is 14.5. The molecular weight excluding hydrogens is 241 g/mol. The van der Waals surface area contributed by atoms with Crippen LogP contribution in [0.3, 0.4) is 0 Å². The SMILES string of the molecule is CNCC(C(C)C)C1(c2ccc(F)c(C)c2)COC1. The third-order valence-electron chi connectivity index (χ3n) is 4.39. The van der Waals surface area contributed by atoms with Crippen molar-refractivity contribution in [2.75, 3.05) is 26.8 Å². The van der Waals surface area contributed by atoms with Crippen LogP contribution in [0.5, 0.6) is 0 Å². The standard InChI is InChI=1S/C16H24FNO/c1-11(2)14(8-18-4)16(9-19-10-16)13-5-6-15(17)12(3)7-13/h5-7,11,14,18H,8-10H2,1-4H3. The van der Waals surface area contributed by atoms with Crippen molar-refractivity contribution in [2.45, 2.75) is 26.2 Å². The maximum atomic E-state index is 13.5. The molecule has 0 saturated carbocycles. The number of halogens is 1. The predicted molar refractivity (Wildman–Crippen MR) is 75.9 cm³/mol. The summed E-state index contributed by atoms with van der Waals surface area (Å²) >= 11 is 0. The molecule has 1 fully saturated rings. The topological polar surface area (TPSA) is 21.3 Å². The molecular formula is C16H24FNO. The van der Waals surface area contributed by atoms with Gasteiger partial charge in [0, 0.05) is 5.41 Å². The van der Waals surface area contributed by atoms with E-state index in [4.69, 9.17) is 4.74 Å². The van der Waals surface area contributed by atoms with Crippen molar-refractivity contribution in [2.24, 2.45) is 11.8 Å². The van der Waals surface area contributed by atoms with Crippen LogP contribution in [0, 0.1) is 24.6 Å². The fraction of sp³-hybridized carbons (Fsp3) is 0.625. The Balaban J connectivity index is 2.37. The third kappa shape index (κ3) is 2.54. The first-order valence-corrected chi connectivity index (χ1v) is 7.00. The van der Waals surface area contributed by atoms with E-state index in [1.54, 1.807) is 6.07 Å². The number of hydrogen-bond acceptors (Lipinski definition) is 2. The van der Waals surface area contributed by atoms with Gasteiger partial charge in [-0.15, -0.1) is 0 Å². The Morgan fingerprint density at radius 1 is 1.37 bits per heavy atom. The highest BCUT2D eigenvalue weighted by molar-refractivity contribution is 5.34. The minimum absolute atomic E-state index is 0.0373. The van der Waals surface area contributed by atoms with Crippen molar-refractivity contribution in [1.29, 1.82) is 0 Å². The zero-order valence-corrected chi connectivity index (χ0v) is 12.3. The number of hydrogen-bond donors (Lipinski definition) is 1. The first-order valence-electron chi connectivity index (χ1n) is 7.00. The average molecular weight is 265 g/mol. The lowest BCUT2D eigenvalue weighted by molar-refractivity contribution is -0.0996. The van der Waals surface area contributed by atoms with Gasteiger partial charge in [0.25, 0.3) is 0 Å². The molecule has 0 spiro atoms. The largest absolute Gasteiger partial charge is 0.379 e. The van der Waals surface area contributed by atoms with Crippen molar-refractivity contribution in [1.82, 2.24) is 5.32 Å². The van der Waals surface area contributed by atoms with Gasteiger partial charge in [0.15, 0.2) is 0 Å². The zero-order chi connectivity index (χ0) is 14.0. The molecule has 2 rings (SSSR count). The lowest BCUT2D eigenvalue weighted by Crippen LogP contribution is -2.56. The van der Waals surface area contributed by atoms with E-state index in [1.165, 1.54) is 5.56 Å². The molecule has 1 N–H and O–H groups in total. The Morgan fingerprint density at radius 2 is 2.05 bits per heavy atom. The average Bonchev–Trinajstić information content (AvgIpc) is 2.31. The Labute approximate surface area is 115 Å². The van der Waals surface area contributed by atoms with Gasteiger partial charge in [0.2, 0.25) is 0 Å². The molecule has 0 aliphatic carbocycles. The number of aryl methyl sites for hydroxylation is 1. The summed E-state index contributed by atoms with van der Waals surface area (Å²) in [6.07, 6.45) is 0. The lowest BCUT2D eigenvalue weighted by Gasteiger charge is -2.49. The van der Waals surface area contributed by atoms with E-state index in [2.05, 4.69) is 19.2 Å². The molecule has 0 radical (unpaired) electrons. The molecule has 1 heterocycles. The van der Waals surface area contributed by atoms with Gasteiger partial charge in [-0.3, -0.25) is 0 Å². The fourth-order valence-corrected chi connectivity index (χ4v) is 3.16. The van der Waals surface area contributed by atoms with Crippen molar-refractivity contribution in [3.05, 3.63) is 35.1 Å². The molecule has 0 aromatic heterocycles. The summed E-state index contributed by atoms with van der Waals surface area (Å²) in [6.45, 7) is 8.76. The van der Waals surface area contributed by atoms with Crippen LogP contribution in [-0.4, -0.2) is 26.8 Å². The second-order valence-electron chi connectivity index (χ2n) is 6.02. The van der Waals surface area contributed by atoms with Crippen molar-refractivity contribution >= 4 is 0 Å². The van der Waals surface area contributed by atoms with Crippen LogP contribution in [0.4, 0.5) is 4.39 Å². The lowest BCUT2D eigenvalue weighted by atomic mass is 9.64. The summed E-state index contributed by atoms with van der Waals surface area (Å²) in [4.78, 5) is 0. The van der Waals surface area contributed by atoms with Crippen molar-refractivity contribution in [3.8, 4) is 0 Å². The molecule has 3 heteroatoms. The summed E-state index contributed by atoms with van der Waals surface area (Å²) in [7, 11) is 1.98. The maximum Gasteiger partial charge on any atom is 0.126 e. The number of rotatable bonds is 5. The number of benzene rings is 1. The number of ether oxygens (including phenoxy) is 1. The molecule has 19 heavy (non-hydrogen) atoms. The Morgan fingerprint density at radius 3 is 2.47 bits per heavy atom. The second kappa shape index (κ2) is 5.59. The van der Waals surface area contributed by atoms with E-state index >= 15 is 0 Å². The Bertz CT molecular complexity index is 440. The minimum Gasteiger partial charge on any atom is -0.379 e. The van der Waals surface area contributed by atoms with E-state index in [0.717, 1.165) is 25.3 Å². The summed E-state index contributed by atoms with van der Waals surface area (Å²) < 4.78 is 19.0. The van der Waals surface area contributed by atoms with E-state index in [1.807, 2.05) is 26.1 Å². The second-order valence-corrected chi connectivity index (χ2v) is 6.02. The Kier molecular flexibility index (Phi) is 4.26. The normalized spacial score (nSPS) is 19.3. The highest BCUT2D eigenvalue weighted by Crippen LogP contribution is 2.43. The van der Waals surface area contributed by atoms with Crippen LogP contribution in [0.2, 0.25) is 0 Å². The molecule has 1 aromatic carbocycles. The van der Waals surface area contributed by atoms with Gasteiger partial charge >= 0.3 is 0 Å². The van der Waals surface area contributed by atoms with Gasteiger partial charge in [-0.05, 0) is 49.5 Å². The summed E-state index contributed by atoms with van der Waals surface area (Å²) in [6, 6.07) is 5.50. The van der Waals surface area contributed by atoms with Gasteiger partial charge in [0.1, 0.15) is 5.82 Å². The molecule has 1 aliphatic heterocycles. The third-order valence-corrected chi connectivity index (χ3v) is 4.39. The van der Waals surface area contributed by atoms with Crippen molar-refractivity contribution in [3.63, 3.8) is 0 Å². The Hall–Kier alpha value is -0.930. The van der Waals surface area contributed by atoms with Crippen LogP contribution in [0.15, 0.2) is 18.2 Å².